The second kappa shape index (κ2) is 10.5. The predicted molar refractivity (Wildman–Crippen MR) is 111 cm³/mol. The fourth-order valence-corrected chi connectivity index (χ4v) is 3.99. The van der Waals surface area contributed by atoms with E-state index in [2.05, 4.69) is 5.32 Å². The number of hydrogen-bond donors (Lipinski definition) is 1. The van der Waals surface area contributed by atoms with E-state index in [1.807, 2.05) is 18.2 Å². The lowest BCUT2D eigenvalue weighted by atomic mass is 10.1. The van der Waals surface area contributed by atoms with Crippen LogP contribution in [-0.4, -0.2) is 39.5 Å². The van der Waals surface area contributed by atoms with E-state index in [4.69, 9.17) is 37.4 Å². The molecule has 0 heterocycles. The molecule has 146 valence electrons. The number of nitrogens with one attached hydrogen (secondary N) is 1. The van der Waals surface area contributed by atoms with Crippen molar-refractivity contribution in [1.29, 1.82) is 0 Å². The first-order valence-corrected chi connectivity index (χ1v) is 10.0. The highest BCUT2D eigenvalue weighted by Crippen LogP contribution is 2.38. The number of methoxy groups -OCH3 is 3. The number of halogens is 2. The monoisotopic (exact) mass is 429 g/mol. The molecule has 0 fully saturated rings. The summed E-state index contributed by atoms with van der Waals surface area (Å²) in [6.07, 6.45) is 0. The van der Waals surface area contributed by atoms with E-state index in [-0.39, 0.29) is 5.91 Å². The Hall–Kier alpha value is -1.76. The quantitative estimate of drug-likeness (QED) is 0.586. The number of ether oxygens (including phenoxy) is 3. The topological polar surface area (TPSA) is 56.8 Å². The first kappa shape index (κ1) is 21.5. The average molecular weight is 430 g/mol. The third-order valence-corrected chi connectivity index (χ3v) is 5.46. The molecule has 2 rings (SSSR count). The van der Waals surface area contributed by atoms with Crippen LogP contribution in [-0.2, 0) is 5.75 Å². The molecule has 0 aromatic heterocycles. The van der Waals surface area contributed by atoms with Crippen molar-refractivity contribution in [2.75, 3.05) is 33.6 Å². The van der Waals surface area contributed by atoms with Crippen LogP contribution in [0.1, 0.15) is 15.9 Å². The van der Waals surface area contributed by atoms with E-state index in [0.29, 0.717) is 45.2 Å². The van der Waals surface area contributed by atoms with Crippen molar-refractivity contribution >= 4 is 40.9 Å². The molecule has 5 nitrogen and oxygen atoms in total. The molecule has 0 aliphatic rings. The Kier molecular flexibility index (Phi) is 8.41. The van der Waals surface area contributed by atoms with Gasteiger partial charge in [-0.3, -0.25) is 4.79 Å². The van der Waals surface area contributed by atoms with Crippen LogP contribution in [0, 0.1) is 0 Å². The van der Waals surface area contributed by atoms with Gasteiger partial charge in [-0.25, -0.2) is 0 Å². The molecule has 1 N–H and O–H groups in total. The smallest absolute Gasteiger partial charge is 0.251 e. The predicted octanol–water partition coefficient (Wildman–Crippen LogP) is 4.68. The van der Waals surface area contributed by atoms with Crippen molar-refractivity contribution in [3.05, 3.63) is 51.5 Å². The van der Waals surface area contributed by atoms with E-state index < -0.39 is 0 Å². The standard InChI is InChI=1S/C19H21Cl2NO4S/c1-24-16-9-12(10-17(25-2)18(16)26-3)19(23)22-7-8-27-11-13-14(20)5-4-6-15(13)21/h4-6,9-10H,7-8,11H2,1-3H3,(H,22,23). The van der Waals surface area contributed by atoms with Crippen molar-refractivity contribution < 1.29 is 19.0 Å². The molecular weight excluding hydrogens is 409 g/mol. The average Bonchev–Trinajstić information content (AvgIpc) is 2.68. The Morgan fingerprint density at radius 2 is 1.63 bits per heavy atom. The van der Waals surface area contributed by atoms with Crippen LogP contribution >= 0.6 is 35.0 Å². The molecular formula is C19H21Cl2NO4S. The third kappa shape index (κ3) is 5.61. The lowest BCUT2D eigenvalue weighted by Gasteiger charge is -2.14. The molecule has 8 heteroatoms. The summed E-state index contributed by atoms with van der Waals surface area (Å²) < 4.78 is 15.8. The van der Waals surface area contributed by atoms with Gasteiger partial charge in [0.05, 0.1) is 21.3 Å². The Bertz CT molecular complexity index is 756. The van der Waals surface area contributed by atoms with Gasteiger partial charge < -0.3 is 19.5 Å². The van der Waals surface area contributed by atoms with E-state index >= 15 is 0 Å². The van der Waals surface area contributed by atoms with E-state index in [1.165, 1.54) is 21.3 Å². The van der Waals surface area contributed by atoms with Gasteiger partial charge in [0.1, 0.15) is 0 Å². The Balaban J connectivity index is 1.90. The molecule has 2 aromatic carbocycles. The fourth-order valence-electron chi connectivity index (χ4n) is 2.40. The molecule has 0 aliphatic carbocycles. The normalized spacial score (nSPS) is 10.4. The minimum Gasteiger partial charge on any atom is -0.493 e. The molecule has 0 spiro atoms. The number of benzene rings is 2. The molecule has 0 atom stereocenters. The number of thioether (sulfide) groups is 1. The first-order valence-electron chi connectivity index (χ1n) is 8.10. The van der Waals surface area contributed by atoms with Crippen molar-refractivity contribution in [2.24, 2.45) is 0 Å². The summed E-state index contributed by atoms with van der Waals surface area (Å²) in [5.41, 5.74) is 1.34. The second-order valence-electron chi connectivity index (χ2n) is 5.42. The van der Waals surface area contributed by atoms with Gasteiger partial charge in [0.25, 0.3) is 5.91 Å². The fraction of sp³-hybridized carbons (Fsp3) is 0.316. The van der Waals surface area contributed by atoms with Crippen molar-refractivity contribution in [2.45, 2.75) is 5.75 Å². The van der Waals surface area contributed by atoms with Gasteiger partial charge in [-0.2, -0.15) is 11.8 Å². The molecule has 0 aliphatic heterocycles. The van der Waals surface area contributed by atoms with Crippen LogP contribution in [0.4, 0.5) is 0 Å². The number of amides is 1. The summed E-state index contributed by atoms with van der Waals surface area (Å²) in [4.78, 5) is 12.4. The number of hydrogen-bond acceptors (Lipinski definition) is 5. The number of carbonyl (C=O) groups is 1. The molecule has 1 amide bonds. The van der Waals surface area contributed by atoms with Crippen molar-refractivity contribution in [3.8, 4) is 17.2 Å². The summed E-state index contributed by atoms with van der Waals surface area (Å²) in [7, 11) is 4.54. The SMILES string of the molecule is COc1cc(C(=O)NCCSCc2c(Cl)cccc2Cl)cc(OC)c1OC. The maximum Gasteiger partial charge on any atom is 0.251 e. The van der Waals surface area contributed by atoms with Crippen molar-refractivity contribution in [1.82, 2.24) is 5.32 Å². The van der Waals surface area contributed by atoms with Gasteiger partial charge in [0, 0.05) is 33.7 Å². The van der Waals surface area contributed by atoms with Gasteiger partial charge >= 0.3 is 0 Å². The molecule has 0 unspecified atom stereocenters. The van der Waals surface area contributed by atoms with Crippen LogP contribution < -0.4 is 19.5 Å². The molecule has 27 heavy (non-hydrogen) atoms. The Morgan fingerprint density at radius 3 is 2.15 bits per heavy atom. The highest BCUT2D eigenvalue weighted by molar-refractivity contribution is 7.98. The molecule has 0 radical (unpaired) electrons. The zero-order valence-electron chi connectivity index (χ0n) is 15.3. The van der Waals surface area contributed by atoms with E-state index in [1.54, 1.807) is 23.9 Å². The van der Waals surface area contributed by atoms with Gasteiger partial charge in [-0.05, 0) is 29.8 Å². The number of rotatable bonds is 9. The highest BCUT2D eigenvalue weighted by Gasteiger charge is 2.16. The van der Waals surface area contributed by atoms with Gasteiger partial charge in [-0.15, -0.1) is 0 Å². The minimum absolute atomic E-state index is 0.217. The number of carbonyl (C=O) groups excluding carboxylic acids is 1. The van der Waals surface area contributed by atoms with Crippen LogP contribution in [0.25, 0.3) is 0 Å². The lowest BCUT2D eigenvalue weighted by molar-refractivity contribution is 0.0955. The summed E-state index contributed by atoms with van der Waals surface area (Å²) in [5.74, 6) is 2.50. The van der Waals surface area contributed by atoms with Crippen LogP contribution in [0.15, 0.2) is 30.3 Å². The molecule has 0 bridgehead atoms. The maximum absolute atomic E-state index is 12.4. The summed E-state index contributed by atoms with van der Waals surface area (Å²) in [6.45, 7) is 0.502. The molecule has 0 saturated heterocycles. The zero-order valence-corrected chi connectivity index (χ0v) is 17.6. The molecule has 0 saturated carbocycles. The maximum atomic E-state index is 12.4. The minimum atomic E-state index is -0.217. The third-order valence-electron chi connectivity index (χ3n) is 3.77. The van der Waals surface area contributed by atoms with Gasteiger partial charge in [0.15, 0.2) is 11.5 Å². The second-order valence-corrected chi connectivity index (χ2v) is 7.34. The lowest BCUT2D eigenvalue weighted by Crippen LogP contribution is -2.25. The van der Waals surface area contributed by atoms with Crippen molar-refractivity contribution in [3.63, 3.8) is 0 Å². The highest BCUT2D eigenvalue weighted by atomic mass is 35.5. The van der Waals surface area contributed by atoms with E-state index in [0.717, 1.165) is 11.3 Å². The van der Waals surface area contributed by atoms with Gasteiger partial charge in [0.2, 0.25) is 5.75 Å². The summed E-state index contributed by atoms with van der Waals surface area (Å²) in [6, 6.07) is 8.68. The Labute approximate surface area is 173 Å². The summed E-state index contributed by atoms with van der Waals surface area (Å²) in [5, 5.41) is 4.18. The van der Waals surface area contributed by atoms with Crippen LogP contribution in [0.5, 0.6) is 17.2 Å². The Morgan fingerprint density at radius 1 is 1.04 bits per heavy atom. The van der Waals surface area contributed by atoms with Crippen LogP contribution in [0.3, 0.4) is 0 Å². The van der Waals surface area contributed by atoms with E-state index in [9.17, 15) is 4.79 Å². The summed E-state index contributed by atoms with van der Waals surface area (Å²) >= 11 is 13.9. The first-order chi connectivity index (χ1) is 13.0. The zero-order chi connectivity index (χ0) is 19.8. The largest absolute Gasteiger partial charge is 0.493 e. The van der Waals surface area contributed by atoms with Gasteiger partial charge in [-0.1, -0.05) is 29.3 Å². The van der Waals surface area contributed by atoms with Crippen LogP contribution in [0.2, 0.25) is 10.0 Å². The molecule has 2 aromatic rings.